The Morgan fingerprint density at radius 1 is 1.12 bits per heavy atom. The Hall–Kier alpha value is -2.33. The fourth-order valence-corrected chi connectivity index (χ4v) is 3.12. The number of esters is 1. The van der Waals surface area contributed by atoms with Crippen molar-refractivity contribution in [2.24, 2.45) is 0 Å². The number of nitrogens with one attached hydrogen (secondary N) is 1. The van der Waals surface area contributed by atoms with Crippen LogP contribution in [0.3, 0.4) is 0 Å². The van der Waals surface area contributed by atoms with Crippen molar-refractivity contribution in [1.82, 2.24) is 5.32 Å². The van der Waals surface area contributed by atoms with E-state index in [0.717, 1.165) is 24.0 Å². The summed E-state index contributed by atoms with van der Waals surface area (Å²) in [6.07, 6.45) is 1.47. The minimum absolute atomic E-state index is 0.194. The second kappa shape index (κ2) is 7.92. The maximum Gasteiger partial charge on any atom is 0.317 e. The average Bonchev–Trinajstić information content (AvgIpc) is 3.47. The van der Waals surface area contributed by atoms with E-state index in [2.05, 4.69) is 5.32 Å². The third-order valence-corrected chi connectivity index (χ3v) is 5.10. The van der Waals surface area contributed by atoms with Crippen LogP contribution in [0, 0.1) is 0 Å². The van der Waals surface area contributed by atoms with E-state index in [9.17, 15) is 9.59 Å². The molecule has 4 nitrogen and oxygen atoms in total. The van der Waals surface area contributed by atoms with E-state index < -0.39 is 5.41 Å². The second-order valence-electron chi connectivity index (χ2n) is 6.78. The highest BCUT2D eigenvalue weighted by Crippen LogP contribution is 2.49. The molecule has 1 aliphatic carbocycles. The van der Waals surface area contributed by atoms with Crippen LogP contribution in [0.15, 0.2) is 54.6 Å². The normalized spacial score (nSPS) is 15.8. The maximum absolute atomic E-state index is 12.4. The zero-order chi connectivity index (χ0) is 18.6. The summed E-state index contributed by atoms with van der Waals surface area (Å²) >= 11 is 5.90. The quantitative estimate of drug-likeness (QED) is 0.752. The van der Waals surface area contributed by atoms with Gasteiger partial charge < -0.3 is 10.1 Å². The molecule has 26 heavy (non-hydrogen) atoms. The fourth-order valence-electron chi connectivity index (χ4n) is 2.99. The standard InChI is InChI=1S/C21H22ClNO3/c1-15(16-5-3-2-4-6-16)13-23-19(24)14-26-20(25)21(11-12-21)17-7-9-18(22)10-8-17/h2-10,15H,11-14H2,1H3,(H,23,24)/t15-/m1/s1. The predicted octanol–water partition coefficient (Wildman–Crippen LogP) is 3.83. The smallest absolute Gasteiger partial charge is 0.317 e. The molecule has 0 bridgehead atoms. The van der Waals surface area contributed by atoms with Crippen LogP contribution in [0.2, 0.25) is 5.02 Å². The molecule has 0 aliphatic heterocycles. The van der Waals surface area contributed by atoms with E-state index in [0.29, 0.717) is 11.6 Å². The summed E-state index contributed by atoms with van der Waals surface area (Å²) in [4.78, 5) is 24.4. The van der Waals surface area contributed by atoms with Crippen LogP contribution >= 0.6 is 11.6 Å². The molecule has 3 rings (SSSR count). The van der Waals surface area contributed by atoms with Gasteiger partial charge in [0, 0.05) is 11.6 Å². The second-order valence-corrected chi connectivity index (χ2v) is 7.22. The number of amides is 1. The Labute approximate surface area is 158 Å². The highest BCUT2D eigenvalue weighted by molar-refractivity contribution is 6.30. The van der Waals surface area contributed by atoms with E-state index in [1.54, 1.807) is 12.1 Å². The van der Waals surface area contributed by atoms with Gasteiger partial charge in [-0.25, -0.2) is 0 Å². The number of benzene rings is 2. The maximum atomic E-state index is 12.4. The molecule has 0 saturated heterocycles. The number of halogens is 1. The van der Waals surface area contributed by atoms with E-state index >= 15 is 0 Å². The molecule has 0 heterocycles. The fraction of sp³-hybridized carbons (Fsp3) is 0.333. The molecule has 2 aromatic carbocycles. The lowest BCUT2D eigenvalue weighted by Crippen LogP contribution is -2.33. The summed E-state index contributed by atoms with van der Waals surface area (Å²) in [5.41, 5.74) is 1.44. The molecule has 136 valence electrons. The summed E-state index contributed by atoms with van der Waals surface area (Å²) in [5.74, 6) is -0.432. The van der Waals surface area contributed by atoms with Crippen molar-refractivity contribution in [2.45, 2.75) is 31.1 Å². The largest absolute Gasteiger partial charge is 0.455 e. The molecule has 0 unspecified atom stereocenters. The molecule has 0 radical (unpaired) electrons. The molecule has 1 saturated carbocycles. The van der Waals surface area contributed by atoms with Gasteiger partial charge in [-0.05, 0) is 42.0 Å². The Morgan fingerprint density at radius 2 is 1.77 bits per heavy atom. The molecular weight excluding hydrogens is 350 g/mol. The Kier molecular flexibility index (Phi) is 5.62. The lowest BCUT2D eigenvalue weighted by atomic mass is 9.96. The number of carbonyl (C=O) groups excluding carboxylic acids is 2. The van der Waals surface area contributed by atoms with Gasteiger partial charge in [-0.2, -0.15) is 0 Å². The summed E-state index contributed by atoms with van der Waals surface area (Å²) < 4.78 is 5.27. The van der Waals surface area contributed by atoms with Crippen LogP contribution in [0.5, 0.6) is 0 Å². The van der Waals surface area contributed by atoms with E-state index in [4.69, 9.17) is 16.3 Å². The first-order valence-electron chi connectivity index (χ1n) is 8.76. The minimum atomic E-state index is -0.609. The lowest BCUT2D eigenvalue weighted by molar-refractivity contribution is -0.151. The van der Waals surface area contributed by atoms with Crippen molar-refractivity contribution in [3.05, 3.63) is 70.7 Å². The first-order chi connectivity index (χ1) is 12.5. The summed E-state index contributed by atoms with van der Waals surface area (Å²) in [6.45, 7) is 2.29. The Bertz CT molecular complexity index is 770. The molecule has 1 N–H and O–H groups in total. The zero-order valence-corrected chi connectivity index (χ0v) is 15.5. The Morgan fingerprint density at radius 3 is 2.38 bits per heavy atom. The first kappa shape index (κ1) is 18.5. The summed E-state index contributed by atoms with van der Waals surface area (Å²) in [7, 11) is 0. The topological polar surface area (TPSA) is 55.4 Å². The van der Waals surface area contributed by atoms with Crippen LogP contribution < -0.4 is 5.32 Å². The monoisotopic (exact) mass is 371 g/mol. The van der Waals surface area contributed by atoms with Gasteiger partial charge in [-0.1, -0.05) is 61.0 Å². The van der Waals surface area contributed by atoms with Crippen molar-refractivity contribution in [3.8, 4) is 0 Å². The van der Waals surface area contributed by atoms with Crippen molar-refractivity contribution in [1.29, 1.82) is 0 Å². The number of hydrogen-bond acceptors (Lipinski definition) is 3. The van der Waals surface area contributed by atoms with Gasteiger partial charge in [0.25, 0.3) is 5.91 Å². The Balaban J connectivity index is 1.47. The van der Waals surface area contributed by atoms with Gasteiger partial charge in [0.05, 0.1) is 5.41 Å². The van der Waals surface area contributed by atoms with Crippen LogP contribution in [0.4, 0.5) is 0 Å². The highest BCUT2D eigenvalue weighted by atomic mass is 35.5. The molecule has 0 spiro atoms. The van der Waals surface area contributed by atoms with Crippen molar-refractivity contribution < 1.29 is 14.3 Å². The van der Waals surface area contributed by atoms with Crippen LogP contribution in [0.25, 0.3) is 0 Å². The van der Waals surface area contributed by atoms with Crippen LogP contribution in [0.1, 0.15) is 36.8 Å². The van der Waals surface area contributed by atoms with E-state index in [1.807, 2.05) is 49.4 Å². The molecule has 1 atom stereocenters. The molecular formula is C21H22ClNO3. The van der Waals surface area contributed by atoms with Crippen molar-refractivity contribution >= 4 is 23.5 Å². The van der Waals surface area contributed by atoms with Crippen molar-refractivity contribution in [2.75, 3.05) is 13.2 Å². The lowest BCUT2D eigenvalue weighted by Gasteiger charge is -2.16. The summed E-state index contributed by atoms with van der Waals surface area (Å²) in [5, 5.41) is 3.45. The van der Waals surface area contributed by atoms with Gasteiger partial charge in [0.1, 0.15) is 0 Å². The predicted molar refractivity (Wildman–Crippen MR) is 101 cm³/mol. The molecule has 5 heteroatoms. The molecule has 1 fully saturated rings. The van der Waals surface area contributed by atoms with Gasteiger partial charge >= 0.3 is 5.97 Å². The van der Waals surface area contributed by atoms with Gasteiger partial charge in [0.2, 0.25) is 0 Å². The molecule has 2 aromatic rings. The number of hydrogen-bond donors (Lipinski definition) is 1. The van der Waals surface area contributed by atoms with Gasteiger partial charge in [-0.15, -0.1) is 0 Å². The van der Waals surface area contributed by atoms with Gasteiger partial charge in [0.15, 0.2) is 6.61 Å². The van der Waals surface area contributed by atoms with Crippen molar-refractivity contribution in [3.63, 3.8) is 0 Å². The van der Waals surface area contributed by atoms with Crippen LogP contribution in [-0.4, -0.2) is 25.0 Å². The zero-order valence-electron chi connectivity index (χ0n) is 14.7. The third-order valence-electron chi connectivity index (χ3n) is 4.85. The highest BCUT2D eigenvalue weighted by Gasteiger charge is 2.52. The number of carbonyl (C=O) groups is 2. The minimum Gasteiger partial charge on any atom is -0.455 e. The van der Waals surface area contributed by atoms with Gasteiger partial charge in [-0.3, -0.25) is 9.59 Å². The average molecular weight is 372 g/mol. The molecule has 1 amide bonds. The van der Waals surface area contributed by atoms with Crippen LogP contribution in [-0.2, 0) is 19.7 Å². The molecule has 0 aromatic heterocycles. The SMILES string of the molecule is C[C@H](CNC(=O)COC(=O)C1(c2ccc(Cl)cc2)CC1)c1ccccc1. The molecule has 1 aliphatic rings. The summed E-state index contributed by atoms with van der Waals surface area (Å²) in [6, 6.07) is 17.2. The van der Waals surface area contributed by atoms with E-state index in [1.165, 1.54) is 0 Å². The number of ether oxygens (including phenoxy) is 1. The number of rotatable bonds is 7. The van der Waals surface area contributed by atoms with E-state index in [-0.39, 0.29) is 24.4 Å². The first-order valence-corrected chi connectivity index (χ1v) is 9.14. The third kappa shape index (κ3) is 4.25.